The number of carbonyl (C=O) groups excluding carboxylic acids is 1. The minimum Gasteiger partial charge on any atom is -0.438 e. The van der Waals surface area contributed by atoms with Crippen molar-refractivity contribution in [3.05, 3.63) is 59.9 Å². The average molecular weight is 376 g/mol. The molecule has 0 saturated carbocycles. The topological polar surface area (TPSA) is 69.0 Å². The number of hydrogen-bond donors (Lipinski definition) is 1. The first kappa shape index (κ1) is 18.4. The van der Waals surface area contributed by atoms with Crippen LogP contribution in [0.25, 0.3) is 11.3 Å². The van der Waals surface area contributed by atoms with Crippen molar-refractivity contribution < 1.29 is 22.7 Å². The lowest BCUT2D eigenvalue weighted by atomic mass is 10.1. The van der Waals surface area contributed by atoms with E-state index in [2.05, 4.69) is 15.4 Å². The van der Waals surface area contributed by atoms with E-state index in [1.165, 1.54) is 25.4 Å². The van der Waals surface area contributed by atoms with Crippen molar-refractivity contribution in [1.29, 1.82) is 0 Å². The van der Waals surface area contributed by atoms with Crippen molar-refractivity contribution in [1.82, 2.24) is 20.1 Å². The van der Waals surface area contributed by atoms with Crippen LogP contribution in [0.2, 0.25) is 0 Å². The van der Waals surface area contributed by atoms with Crippen LogP contribution in [-0.4, -0.2) is 27.7 Å². The molecule has 1 N–H and O–H groups in total. The quantitative estimate of drug-likeness (QED) is 0.755. The molecule has 0 fully saturated rings. The highest BCUT2D eigenvalue weighted by Crippen LogP contribution is 2.34. The van der Waals surface area contributed by atoms with Crippen LogP contribution in [0.1, 0.15) is 15.9 Å². The number of halogens is 3. The van der Waals surface area contributed by atoms with Crippen LogP contribution in [0.3, 0.4) is 0 Å². The summed E-state index contributed by atoms with van der Waals surface area (Å²) in [6, 6.07) is 7.54. The first-order valence-electron chi connectivity index (χ1n) is 7.85. The Bertz CT molecular complexity index is 965. The Morgan fingerprint density at radius 1 is 1.19 bits per heavy atom. The number of benzene rings is 1. The average Bonchev–Trinajstić information content (AvgIpc) is 3.07. The summed E-state index contributed by atoms with van der Waals surface area (Å²) in [5.74, 6) is -0.0257. The molecule has 0 aliphatic carbocycles. The van der Waals surface area contributed by atoms with E-state index in [-0.39, 0.29) is 17.5 Å². The van der Waals surface area contributed by atoms with Crippen LogP contribution in [0, 0.1) is 0 Å². The third-order valence-electron chi connectivity index (χ3n) is 3.73. The number of carbonyl (C=O) groups is 1. The molecule has 0 aliphatic heterocycles. The number of hydrogen-bond acceptors (Lipinski definition) is 4. The molecule has 140 valence electrons. The van der Waals surface area contributed by atoms with Gasteiger partial charge in [0.1, 0.15) is 5.75 Å². The van der Waals surface area contributed by atoms with Gasteiger partial charge in [0.05, 0.1) is 22.4 Å². The van der Waals surface area contributed by atoms with E-state index in [4.69, 9.17) is 4.74 Å². The van der Waals surface area contributed by atoms with Gasteiger partial charge >= 0.3 is 6.18 Å². The molecule has 0 spiro atoms. The fraction of sp³-hybridized carbons (Fsp3) is 0.167. The Morgan fingerprint density at radius 2 is 1.89 bits per heavy atom. The minimum absolute atomic E-state index is 0.126. The lowest BCUT2D eigenvalue weighted by Crippen LogP contribution is -2.18. The van der Waals surface area contributed by atoms with Crippen LogP contribution in [0.15, 0.2) is 48.8 Å². The molecular formula is C18H15F3N4O2. The number of alkyl halides is 3. The van der Waals surface area contributed by atoms with Crippen molar-refractivity contribution in [3.8, 4) is 22.9 Å². The van der Waals surface area contributed by atoms with E-state index >= 15 is 0 Å². The monoisotopic (exact) mass is 376 g/mol. The van der Waals surface area contributed by atoms with Crippen molar-refractivity contribution in [2.75, 3.05) is 7.05 Å². The maximum atomic E-state index is 12.7. The van der Waals surface area contributed by atoms with Gasteiger partial charge in [-0.05, 0) is 36.4 Å². The van der Waals surface area contributed by atoms with Gasteiger partial charge in [0.2, 0.25) is 5.88 Å². The van der Waals surface area contributed by atoms with Gasteiger partial charge in [0.15, 0.2) is 0 Å². The van der Waals surface area contributed by atoms with Crippen LogP contribution in [0.4, 0.5) is 13.2 Å². The Morgan fingerprint density at radius 3 is 2.44 bits per heavy atom. The molecular weight excluding hydrogens is 361 g/mol. The molecule has 2 aromatic heterocycles. The number of aromatic nitrogens is 3. The van der Waals surface area contributed by atoms with Crippen molar-refractivity contribution in [2.24, 2.45) is 7.05 Å². The van der Waals surface area contributed by atoms with Gasteiger partial charge in [-0.3, -0.25) is 9.48 Å². The summed E-state index contributed by atoms with van der Waals surface area (Å²) >= 11 is 0. The number of aryl methyl sites for hydroxylation is 1. The fourth-order valence-electron chi connectivity index (χ4n) is 2.37. The molecule has 0 saturated heterocycles. The second-order valence-corrected chi connectivity index (χ2v) is 5.65. The van der Waals surface area contributed by atoms with E-state index in [0.717, 1.165) is 12.1 Å². The van der Waals surface area contributed by atoms with Crippen LogP contribution < -0.4 is 10.1 Å². The van der Waals surface area contributed by atoms with Gasteiger partial charge in [-0.15, -0.1) is 0 Å². The lowest BCUT2D eigenvalue weighted by molar-refractivity contribution is -0.137. The smallest absolute Gasteiger partial charge is 0.416 e. The summed E-state index contributed by atoms with van der Waals surface area (Å²) in [5.41, 5.74) is 0.481. The zero-order chi connectivity index (χ0) is 19.6. The molecule has 1 aromatic carbocycles. The molecule has 27 heavy (non-hydrogen) atoms. The Kier molecular flexibility index (Phi) is 4.85. The van der Waals surface area contributed by atoms with Crippen LogP contribution in [-0.2, 0) is 13.2 Å². The summed E-state index contributed by atoms with van der Waals surface area (Å²) in [6.07, 6.45) is -1.39. The van der Waals surface area contributed by atoms with Crippen molar-refractivity contribution in [3.63, 3.8) is 0 Å². The van der Waals surface area contributed by atoms with Crippen LogP contribution >= 0.6 is 0 Å². The largest absolute Gasteiger partial charge is 0.438 e. The zero-order valence-corrected chi connectivity index (χ0v) is 14.4. The Balaban J connectivity index is 1.98. The minimum atomic E-state index is -4.43. The first-order valence-corrected chi connectivity index (χ1v) is 7.85. The van der Waals surface area contributed by atoms with Gasteiger partial charge in [0.25, 0.3) is 5.91 Å². The lowest BCUT2D eigenvalue weighted by Gasteiger charge is -2.11. The molecule has 0 atom stereocenters. The highest BCUT2D eigenvalue weighted by Gasteiger charge is 2.30. The molecule has 0 bridgehead atoms. The van der Waals surface area contributed by atoms with Gasteiger partial charge in [-0.2, -0.15) is 18.3 Å². The first-order chi connectivity index (χ1) is 12.8. The second kappa shape index (κ2) is 7.10. The van der Waals surface area contributed by atoms with Crippen molar-refractivity contribution >= 4 is 5.91 Å². The van der Waals surface area contributed by atoms with E-state index < -0.39 is 11.7 Å². The molecule has 0 aliphatic rings. The predicted molar refractivity (Wildman–Crippen MR) is 91.3 cm³/mol. The van der Waals surface area contributed by atoms with Gasteiger partial charge in [0, 0.05) is 26.5 Å². The highest BCUT2D eigenvalue weighted by molar-refractivity contribution is 5.95. The van der Waals surface area contributed by atoms with Gasteiger partial charge < -0.3 is 10.1 Å². The summed E-state index contributed by atoms with van der Waals surface area (Å²) in [4.78, 5) is 16.0. The number of nitrogens with one attached hydrogen (secondary N) is 1. The Hall–Kier alpha value is -3.36. The van der Waals surface area contributed by atoms with E-state index in [9.17, 15) is 18.0 Å². The molecule has 2 heterocycles. The standard InChI is InChI=1S/C18H15F3N4O2/c1-22-16(26)11-9-14(15-7-8-25(2)24-15)17(23-10-11)27-13-5-3-12(4-6-13)18(19,20)21/h3-10H,1-2H3,(H,22,26). The molecule has 9 heteroatoms. The van der Waals surface area contributed by atoms with Crippen molar-refractivity contribution in [2.45, 2.75) is 6.18 Å². The zero-order valence-electron chi connectivity index (χ0n) is 14.4. The number of ether oxygens (including phenoxy) is 1. The third kappa shape index (κ3) is 4.08. The summed E-state index contributed by atoms with van der Waals surface area (Å²) in [5, 5.41) is 6.77. The number of rotatable bonds is 4. The molecule has 3 aromatic rings. The summed E-state index contributed by atoms with van der Waals surface area (Å²) in [7, 11) is 3.23. The third-order valence-corrected chi connectivity index (χ3v) is 3.73. The van der Waals surface area contributed by atoms with Gasteiger partial charge in [-0.25, -0.2) is 4.98 Å². The second-order valence-electron chi connectivity index (χ2n) is 5.65. The maximum Gasteiger partial charge on any atom is 0.416 e. The summed E-state index contributed by atoms with van der Waals surface area (Å²) in [6.45, 7) is 0. The van der Waals surface area contributed by atoms with E-state index in [1.807, 2.05) is 0 Å². The van der Waals surface area contributed by atoms with Gasteiger partial charge in [-0.1, -0.05) is 0 Å². The molecule has 3 rings (SSSR count). The van der Waals surface area contributed by atoms with E-state index in [0.29, 0.717) is 16.8 Å². The normalized spacial score (nSPS) is 11.3. The summed E-state index contributed by atoms with van der Waals surface area (Å²) < 4.78 is 45.3. The number of pyridine rings is 1. The predicted octanol–water partition coefficient (Wildman–Crippen LogP) is 3.65. The SMILES string of the molecule is CNC(=O)c1cnc(Oc2ccc(C(F)(F)F)cc2)c(-c2ccn(C)n2)c1. The highest BCUT2D eigenvalue weighted by atomic mass is 19.4. The van der Waals surface area contributed by atoms with E-state index in [1.54, 1.807) is 30.1 Å². The fourth-order valence-corrected chi connectivity index (χ4v) is 2.37. The molecule has 0 unspecified atom stereocenters. The molecule has 6 nitrogen and oxygen atoms in total. The Labute approximate surface area is 152 Å². The maximum absolute atomic E-state index is 12.7. The van der Waals surface area contributed by atoms with Crippen LogP contribution in [0.5, 0.6) is 11.6 Å². The molecule has 0 radical (unpaired) electrons. The number of nitrogens with zero attached hydrogens (tertiary/aromatic N) is 3. The molecule has 1 amide bonds. The number of amides is 1.